The highest BCUT2D eigenvalue weighted by Crippen LogP contribution is 2.17. The van der Waals surface area contributed by atoms with Crippen LogP contribution in [-0.4, -0.2) is 16.9 Å². The molecule has 78 valence electrons. The molecule has 0 aliphatic carbocycles. The lowest BCUT2D eigenvalue weighted by Gasteiger charge is -2.05. The predicted octanol–water partition coefficient (Wildman–Crippen LogP) is 2.73. The molecule has 0 atom stereocenters. The first-order valence-corrected chi connectivity index (χ1v) is 6.93. The molecule has 1 aromatic rings. The third-order valence-electron chi connectivity index (χ3n) is 2.36. The smallest absolute Gasteiger partial charge is 0.161 e. The van der Waals surface area contributed by atoms with Gasteiger partial charge >= 0.3 is 0 Å². The monoisotopic (exact) mass is 228 g/mol. The number of hydrogen-bond donors (Lipinski definition) is 0. The summed E-state index contributed by atoms with van der Waals surface area (Å²) in [6.45, 7) is 2.14. The van der Waals surface area contributed by atoms with E-state index in [0.717, 1.165) is 11.4 Å². The van der Waals surface area contributed by atoms with Gasteiger partial charge in [-0.3, -0.25) is 0 Å². The van der Waals surface area contributed by atoms with Crippen molar-refractivity contribution in [3.63, 3.8) is 0 Å². The zero-order valence-electron chi connectivity index (χ0n) is 8.85. The second-order valence-corrected chi connectivity index (χ2v) is 5.65. The Labute approximate surface area is 93.4 Å². The number of rotatable bonds is 5. The third-order valence-corrected chi connectivity index (χ3v) is 3.79. The first kappa shape index (κ1) is 11.8. The molecule has 0 aliphatic rings. The summed E-state index contributed by atoms with van der Waals surface area (Å²) >= 11 is 5.94. The van der Waals surface area contributed by atoms with Gasteiger partial charge in [0, 0.05) is 12.1 Å². The van der Waals surface area contributed by atoms with Crippen LogP contribution in [0.3, 0.4) is 0 Å². The second-order valence-electron chi connectivity index (χ2n) is 3.52. The first-order valence-electron chi connectivity index (χ1n) is 4.98. The van der Waals surface area contributed by atoms with Crippen molar-refractivity contribution in [3.05, 3.63) is 34.3 Å². The Kier molecular flexibility index (Phi) is 5.23. The standard InChI is InChI=1S/C11H17ClOSi/c1-9-5-6-11(12)8-10(9)4-3-7-14-13-2/h5-6,8H,3-4,7,14H2,1-2H3. The Morgan fingerprint density at radius 1 is 1.43 bits per heavy atom. The van der Waals surface area contributed by atoms with Crippen LogP contribution >= 0.6 is 11.6 Å². The van der Waals surface area contributed by atoms with Crippen LogP contribution in [0.2, 0.25) is 11.1 Å². The Morgan fingerprint density at radius 3 is 2.93 bits per heavy atom. The Balaban J connectivity index is 2.45. The zero-order chi connectivity index (χ0) is 10.4. The lowest BCUT2D eigenvalue weighted by molar-refractivity contribution is 0.439. The molecule has 3 heteroatoms. The summed E-state index contributed by atoms with van der Waals surface area (Å²) in [6.07, 6.45) is 2.35. The van der Waals surface area contributed by atoms with Gasteiger partial charge in [-0.25, -0.2) is 0 Å². The number of hydrogen-bond acceptors (Lipinski definition) is 1. The van der Waals surface area contributed by atoms with Gasteiger partial charge in [-0.15, -0.1) is 0 Å². The molecule has 0 fully saturated rings. The van der Waals surface area contributed by atoms with Crippen molar-refractivity contribution in [2.75, 3.05) is 7.11 Å². The van der Waals surface area contributed by atoms with E-state index in [2.05, 4.69) is 19.1 Å². The Morgan fingerprint density at radius 2 is 2.21 bits per heavy atom. The number of halogens is 1. The predicted molar refractivity (Wildman–Crippen MR) is 64.9 cm³/mol. The van der Waals surface area contributed by atoms with Gasteiger partial charge in [0.15, 0.2) is 9.76 Å². The Bertz CT molecular complexity index is 289. The van der Waals surface area contributed by atoms with Crippen molar-refractivity contribution < 1.29 is 4.43 Å². The molecule has 0 saturated heterocycles. The van der Waals surface area contributed by atoms with Gasteiger partial charge in [0.2, 0.25) is 0 Å². The molecule has 1 aromatic carbocycles. The van der Waals surface area contributed by atoms with E-state index in [1.807, 2.05) is 6.07 Å². The average molecular weight is 229 g/mol. The second kappa shape index (κ2) is 6.22. The summed E-state index contributed by atoms with van der Waals surface area (Å²) in [5.74, 6) is 0. The van der Waals surface area contributed by atoms with Crippen LogP contribution in [-0.2, 0) is 10.8 Å². The molecular formula is C11H17ClOSi. The molecule has 0 unspecified atom stereocenters. The van der Waals surface area contributed by atoms with Crippen molar-refractivity contribution in [3.8, 4) is 0 Å². The SMILES string of the molecule is CO[SiH2]CCCc1cc(Cl)ccc1C. The maximum absolute atomic E-state index is 5.94. The van der Waals surface area contributed by atoms with Crippen LogP contribution < -0.4 is 0 Å². The maximum Gasteiger partial charge on any atom is 0.161 e. The molecule has 0 N–H and O–H groups in total. The highest BCUT2D eigenvalue weighted by molar-refractivity contribution is 6.30. The highest BCUT2D eigenvalue weighted by Gasteiger charge is 1.99. The van der Waals surface area contributed by atoms with Crippen molar-refractivity contribution >= 4 is 21.4 Å². The summed E-state index contributed by atoms with van der Waals surface area (Å²) in [5, 5.41) is 0.842. The quantitative estimate of drug-likeness (QED) is 0.556. The molecule has 1 rings (SSSR count). The minimum atomic E-state index is -0.249. The summed E-state index contributed by atoms with van der Waals surface area (Å²) in [6, 6.07) is 7.36. The van der Waals surface area contributed by atoms with Gasteiger partial charge in [0.25, 0.3) is 0 Å². The van der Waals surface area contributed by atoms with Crippen molar-refractivity contribution in [2.24, 2.45) is 0 Å². The summed E-state index contributed by atoms with van der Waals surface area (Å²) in [4.78, 5) is 0. The molecule has 0 aliphatic heterocycles. The average Bonchev–Trinajstić information content (AvgIpc) is 2.18. The van der Waals surface area contributed by atoms with E-state index in [9.17, 15) is 0 Å². The van der Waals surface area contributed by atoms with Gasteiger partial charge in [0.05, 0.1) is 0 Å². The Hall–Kier alpha value is -0.313. The van der Waals surface area contributed by atoms with Gasteiger partial charge in [-0.1, -0.05) is 17.7 Å². The molecule has 0 saturated carbocycles. The fourth-order valence-corrected chi connectivity index (χ4v) is 2.41. The van der Waals surface area contributed by atoms with E-state index >= 15 is 0 Å². The maximum atomic E-state index is 5.94. The number of benzene rings is 1. The molecule has 0 radical (unpaired) electrons. The molecule has 0 amide bonds. The molecule has 0 bridgehead atoms. The summed E-state index contributed by atoms with van der Waals surface area (Å²) in [7, 11) is 1.55. The fraction of sp³-hybridized carbons (Fsp3) is 0.455. The summed E-state index contributed by atoms with van der Waals surface area (Å²) in [5.41, 5.74) is 2.72. The molecule has 0 aromatic heterocycles. The van der Waals surface area contributed by atoms with E-state index in [0.29, 0.717) is 0 Å². The van der Waals surface area contributed by atoms with Crippen LogP contribution in [0.25, 0.3) is 0 Å². The van der Waals surface area contributed by atoms with Gasteiger partial charge in [-0.2, -0.15) is 0 Å². The van der Waals surface area contributed by atoms with Crippen molar-refractivity contribution in [2.45, 2.75) is 25.8 Å². The van der Waals surface area contributed by atoms with Crippen molar-refractivity contribution in [1.82, 2.24) is 0 Å². The minimum Gasteiger partial charge on any atom is -0.427 e. The van der Waals surface area contributed by atoms with Crippen LogP contribution in [0.4, 0.5) is 0 Å². The lowest BCUT2D eigenvalue weighted by Crippen LogP contribution is -1.95. The van der Waals surface area contributed by atoms with Gasteiger partial charge in [0.1, 0.15) is 0 Å². The highest BCUT2D eigenvalue weighted by atomic mass is 35.5. The van der Waals surface area contributed by atoms with Crippen LogP contribution in [0, 0.1) is 6.92 Å². The normalized spacial score (nSPS) is 11.4. The van der Waals surface area contributed by atoms with Crippen LogP contribution in [0.15, 0.2) is 18.2 Å². The van der Waals surface area contributed by atoms with E-state index in [1.54, 1.807) is 7.11 Å². The van der Waals surface area contributed by atoms with E-state index in [-0.39, 0.29) is 9.76 Å². The van der Waals surface area contributed by atoms with Gasteiger partial charge in [-0.05, 0) is 49.1 Å². The summed E-state index contributed by atoms with van der Waals surface area (Å²) < 4.78 is 5.15. The van der Waals surface area contributed by atoms with Crippen LogP contribution in [0.1, 0.15) is 17.5 Å². The molecule has 0 heterocycles. The third kappa shape index (κ3) is 3.82. The van der Waals surface area contributed by atoms with E-state index < -0.39 is 0 Å². The lowest BCUT2D eigenvalue weighted by atomic mass is 10.0. The van der Waals surface area contributed by atoms with Crippen LogP contribution in [0.5, 0.6) is 0 Å². The van der Waals surface area contributed by atoms with E-state index in [4.69, 9.17) is 16.0 Å². The largest absolute Gasteiger partial charge is 0.427 e. The molecule has 14 heavy (non-hydrogen) atoms. The van der Waals surface area contributed by atoms with Gasteiger partial charge < -0.3 is 4.43 Å². The first-order chi connectivity index (χ1) is 6.74. The number of aryl methyl sites for hydroxylation is 2. The molecular weight excluding hydrogens is 212 g/mol. The minimum absolute atomic E-state index is 0.249. The van der Waals surface area contributed by atoms with E-state index in [1.165, 1.54) is 23.6 Å². The molecule has 1 nitrogen and oxygen atoms in total. The van der Waals surface area contributed by atoms with Crippen molar-refractivity contribution in [1.29, 1.82) is 0 Å². The topological polar surface area (TPSA) is 9.23 Å². The molecule has 0 spiro atoms. The zero-order valence-corrected chi connectivity index (χ0v) is 11.0. The fourth-order valence-electron chi connectivity index (χ4n) is 1.47.